The van der Waals surface area contributed by atoms with Gasteiger partial charge < -0.3 is 5.32 Å². The van der Waals surface area contributed by atoms with Gasteiger partial charge in [0.15, 0.2) is 4.34 Å². The second kappa shape index (κ2) is 8.59. The summed E-state index contributed by atoms with van der Waals surface area (Å²) in [4.78, 5) is 24.6. The number of thiophene rings is 1. The number of carbonyl (C=O) groups is 2. The summed E-state index contributed by atoms with van der Waals surface area (Å²) >= 11 is 4.00. The molecule has 2 heterocycles. The van der Waals surface area contributed by atoms with E-state index in [4.69, 9.17) is 0 Å². The summed E-state index contributed by atoms with van der Waals surface area (Å²) in [5, 5.41) is 16.0. The zero-order valence-corrected chi connectivity index (χ0v) is 15.4. The van der Waals surface area contributed by atoms with Crippen molar-refractivity contribution in [3.05, 3.63) is 22.4 Å². The lowest BCUT2D eigenvalue weighted by atomic mass is 9.95. The van der Waals surface area contributed by atoms with E-state index in [0.717, 1.165) is 12.8 Å². The van der Waals surface area contributed by atoms with Crippen LogP contribution < -0.4 is 10.6 Å². The lowest BCUT2D eigenvalue weighted by molar-refractivity contribution is -0.119. The van der Waals surface area contributed by atoms with Gasteiger partial charge in [-0.1, -0.05) is 48.4 Å². The summed E-state index contributed by atoms with van der Waals surface area (Å²) in [6.07, 6.45) is 5.82. The Morgan fingerprint density at radius 1 is 1.25 bits per heavy atom. The van der Waals surface area contributed by atoms with Crippen LogP contribution >= 0.6 is 34.4 Å². The molecule has 0 aliphatic heterocycles. The number of aromatic nitrogens is 2. The molecule has 1 saturated carbocycles. The quantitative estimate of drug-likeness (QED) is 0.591. The minimum atomic E-state index is -0.187. The van der Waals surface area contributed by atoms with Gasteiger partial charge in [-0.15, -0.1) is 21.5 Å². The normalized spacial score (nSPS) is 15.2. The number of hydrogen-bond donors (Lipinski definition) is 2. The zero-order valence-electron chi connectivity index (χ0n) is 13.0. The van der Waals surface area contributed by atoms with Gasteiger partial charge in [-0.25, -0.2) is 0 Å². The van der Waals surface area contributed by atoms with E-state index in [9.17, 15) is 9.59 Å². The van der Waals surface area contributed by atoms with E-state index in [2.05, 4.69) is 20.8 Å². The Morgan fingerprint density at radius 3 is 2.83 bits per heavy atom. The van der Waals surface area contributed by atoms with Crippen LogP contribution in [0.1, 0.15) is 41.8 Å². The first-order valence-electron chi connectivity index (χ1n) is 7.81. The van der Waals surface area contributed by atoms with Crippen molar-refractivity contribution in [3.8, 4) is 0 Å². The van der Waals surface area contributed by atoms with Crippen LogP contribution in [-0.4, -0.2) is 33.8 Å². The van der Waals surface area contributed by atoms with Crippen LogP contribution in [0.4, 0.5) is 5.13 Å². The van der Waals surface area contributed by atoms with E-state index in [0.29, 0.717) is 26.1 Å². The molecule has 1 aliphatic carbocycles. The third kappa shape index (κ3) is 5.02. The third-order valence-corrected chi connectivity index (χ3v) is 6.51. The average Bonchev–Trinajstić information content (AvgIpc) is 3.26. The molecule has 2 N–H and O–H groups in total. The molecule has 1 fully saturated rings. The van der Waals surface area contributed by atoms with E-state index in [-0.39, 0.29) is 11.8 Å². The number of nitrogens with zero attached hydrogens (tertiary/aromatic N) is 2. The van der Waals surface area contributed by atoms with Gasteiger partial charge in [0.1, 0.15) is 0 Å². The summed E-state index contributed by atoms with van der Waals surface area (Å²) in [7, 11) is 0. The Morgan fingerprint density at radius 2 is 2.08 bits per heavy atom. The Labute approximate surface area is 152 Å². The van der Waals surface area contributed by atoms with E-state index in [1.807, 2.05) is 11.4 Å². The van der Waals surface area contributed by atoms with Gasteiger partial charge in [-0.2, -0.15) is 0 Å². The van der Waals surface area contributed by atoms with Gasteiger partial charge in [0.25, 0.3) is 5.91 Å². The highest BCUT2D eigenvalue weighted by Gasteiger charge is 2.16. The van der Waals surface area contributed by atoms with Crippen LogP contribution in [0.3, 0.4) is 0 Å². The molecule has 0 atom stereocenters. The van der Waals surface area contributed by atoms with E-state index >= 15 is 0 Å². The maximum atomic E-state index is 12.0. The van der Waals surface area contributed by atoms with Crippen LogP contribution in [0, 0.1) is 0 Å². The second-order valence-electron chi connectivity index (χ2n) is 5.50. The summed E-state index contributed by atoms with van der Waals surface area (Å²) < 4.78 is 0.676. The number of rotatable bonds is 6. The molecule has 0 saturated heterocycles. The molecule has 6 nitrogen and oxygen atoms in total. The van der Waals surface area contributed by atoms with Crippen LogP contribution in [0.25, 0.3) is 0 Å². The molecule has 9 heteroatoms. The topological polar surface area (TPSA) is 84.0 Å². The number of thioether (sulfide) groups is 1. The molecule has 0 radical (unpaired) electrons. The molecule has 1 aliphatic rings. The van der Waals surface area contributed by atoms with Crippen molar-refractivity contribution >= 4 is 51.4 Å². The molecule has 0 unspecified atom stereocenters. The monoisotopic (exact) mass is 382 g/mol. The number of amides is 2. The van der Waals surface area contributed by atoms with Gasteiger partial charge in [0.2, 0.25) is 11.0 Å². The average molecular weight is 383 g/mol. The minimum absolute atomic E-state index is 0.0336. The van der Waals surface area contributed by atoms with Crippen molar-refractivity contribution in [2.75, 3.05) is 11.1 Å². The Bertz CT molecular complexity index is 681. The molecule has 24 heavy (non-hydrogen) atoms. The lowest BCUT2D eigenvalue weighted by Gasteiger charge is -2.22. The third-order valence-electron chi connectivity index (χ3n) is 3.67. The second-order valence-corrected chi connectivity index (χ2v) is 8.64. The van der Waals surface area contributed by atoms with Crippen molar-refractivity contribution in [1.29, 1.82) is 0 Å². The SMILES string of the molecule is O=C(CSc1nnc(NC(=O)c2cccs2)s1)NC1CCCCC1. The highest BCUT2D eigenvalue weighted by molar-refractivity contribution is 8.01. The maximum absolute atomic E-state index is 12.0. The molecule has 128 valence electrons. The Hall–Kier alpha value is -1.45. The molecule has 0 bridgehead atoms. The van der Waals surface area contributed by atoms with Crippen molar-refractivity contribution in [2.24, 2.45) is 0 Å². The maximum Gasteiger partial charge on any atom is 0.267 e. The van der Waals surface area contributed by atoms with Crippen LogP contribution in [-0.2, 0) is 4.79 Å². The largest absolute Gasteiger partial charge is 0.353 e. The standard InChI is InChI=1S/C15H18N4O2S3/c20-12(16-10-5-2-1-3-6-10)9-23-15-19-18-14(24-15)17-13(21)11-7-4-8-22-11/h4,7-8,10H,1-3,5-6,9H2,(H,16,20)(H,17,18,21). The van der Waals surface area contributed by atoms with Gasteiger partial charge in [0.05, 0.1) is 10.6 Å². The van der Waals surface area contributed by atoms with Gasteiger partial charge in [0, 0.05) is 6.04 Å². The summed E-state index contributed by atoms with van der Waals surface area (Å²) in [6, 6.07) is 3.90. The van der Waals surface area contributed by atoms with Crippen molar-refractivity contribution in [3.63, 3.8) is 0 Å². The van der Waals surface area contributed by atoms with Crippen LogP contribution in [0.2, 0.25) is 0 Å². The van der Waals surface area contributed by atoms with E-state index in [1.165, 1.54) is 53.7 Å². The molecule has 3 rings (SSSR count). The smallest absolute Gasteiger partial charge is 0.267 e. The molecule has 0 aromatic carbocycles. The highest BCUT2D eigenvalue weighted by atomic mass is 32.2. The Kier molecular flexibility index (Phi) is 6.22. The van der Waals surface area contributed by atoms with Crippen LogP contribution in [0.15, 0.2) is 21.9 Å². The fourth-order valence-electron chi connectivity index (χ4n) is 2.53. The first-order chi connectivity index (χ1) is 11.7. The number of carbonyl (C=O) groups excluding carboxylic acids is 2. The summed E-state index contributed by atoms with van der Waals surface area (Å²) in [5.41, 5.74) is 0. The van der Waals surface area contributed by atoms with Crippen molar-refractivity contribution in [1.82, 2.24) is 15.5 Å². The first-order valence-corrected chi connectivity index (χ1v) is 10.5. The van der Waals surface area contributed by atoms with Gasteiger partial charge >= 0.3 is 0 Å². The Balaban J connectivity index is 1.44. The van der Waals surface area contributed by atoms with Crippen molar-refractivity contribution < 1.29 is 9.59 Å². The number of anilines is 1. The summed E-state index contributed by atoms with van der Waals surface area (Å²) in [5.74, 6) is 0.170. The number of nitrogens with one attached hydrogen (secondary N) is 2. The number of hydrogen-bond acceptors (Lipinski definition) is 7. The molecular formula is C15H18N4O2S3. The highest BCUT2D eigenvalue weighted by Crippen LogP contribution is 2.26. The predicted octanol–water partition coefficient (Wildman–Crippen LogP) is 3.39. The molecular weight excluding hydrogens is 364 g/mol. The van der Waals surface area contributed by atoms with Crippen molar-refractivity contribution in [2.45, 2.75) is 42.5 Å². The van der Waals surface area contributed by atoms with E-state index in [1.54, 1.807) is 6.07 Å². The summed E-state index contributed by atoms with van der Waals surface area (Å²) in [6.45, 7) is 0. The minimum Gasteiger partial charge on any atom is -0.353 e. The lowest BCUT2D eigenvalue weighted by Crippen LogP contribution is -2.37. The molecule has 2 aromatic rings. The first kappa shape index (κ1) is 17.4. The molecule has 0 spiro atoms. The molecule has 2 amide bonds. The predicted molar refractivity (Wildman–Crippen MR) is 97.9 cm³/mol. The van der Waals surface area contributed by atoms with Gasteiger partial charge in [-0.05, 0) is 24.3 Å². The fourth-order valence-corrected chi connectivity index (χ4v) is 4.71. The van der Waals surface area contributed by atoms with E-state index < -0.39 is 0 Å². The zero-order chi connectivity index (χ0) is 16.8. The molecule has 2 aromatic heterocycles. The van der Waals surface area contributed by atoms with Crippen LogP contribution in [0.5, 0.6) is 0 Å². The van der Waals surface area contributed by atoms with Gasteiger partial charge in [-0.3, -0.25) is 14.9 Å². The fraction of sp³-hybridized carbons (Fsp3) is 0.467.